The SMILES string of the molecule is O=C(Nc1cccc(Br)c1)c1cc(NCCc2ccccc2)ncn1. The van der Waals surface area contributed by atoms with Gasteiger partial charge in [-0.25, -0.2) is 9.97 Å². The van der Waals surface area contributed by atoms with Crippen molar-refractivity contribution in [2.45, 2.75) is 6.42 Å². The number of halogens is 1. The smallest absolute Gasteiger partial charge is 0.274 e. The monoisotopic (exact) mass is 396 g/mol. The third kappa shape index (κ3) is 5.12. The molecule has 6 heteroatoms. The lowest BCUT2D eigenvalue weighted by molar-refractivity contribution is 0.102. The Morgan fingerprint density at radius 1 is 1.00 bits per heavy atom. The highest BCUT2D eigenvalue weighted by Gasteiger charge is 2.09. The number of hydrogen-bond acceptors (Lipinski definition) is 4. The van der Waals surface area contributed by atoms with Gasteiger partial charge in [-0.3, -0.25) is 4.79 Å². The number of carbonyl (C=O) groups is 1. The first-order valence-electron chi connectivity index (χ1n) is 7.87. The summed E-state index contributed by atoms with van der Waals surface area (Å²) in [6, 6.07) is 19.3. The number of benzene rings is 2. The molecule has 0 aliphatic rings. The van der Waals surface area contributed by atoms with Crippen LogP contribution in [0.1, 0.15) is 16.1 Å². The van der Waals surface area contributed by atoms with E-state index in [1.807, 2.05) is 42.5 Å². The van der Waals surface area contributed by atoms with Crippen molar-refractivity contribution in [2.75, 3.05) is 17.2 Å². The van der Waals surface area contributed by atoms with Gasteiger partial charge in [-0.1, -0.05) is 52.3 Å². The van der Waals surface area contributed by atoms with Gasteiger partial charge in [-0.15, -0.1) is 0 Å². The van der Waals surface area contributed by atoms with Gasteiger partial charge < -0.3 is 10.6 Å². The van der Waals surface area contributed by atoms with E-state index in [4.69, 9.17) is 0 Å². The Labute approximate surface area is 154 Å². The first kappa shape index (κ1) is 17.1. The van der Waals surface area contributed by atoms with E-state index in [0.717, 1.165) is 17.4 Å². The van der Waals surface area contributed by atoms with Gasteiger partial charge in [0.2, 0.25) is 0 Å². The fraction of sp³-hybridized carbons (Fsp3) is 0.105. The van der Waals surface area contributed by atoms with Crippen molar-refractivity contribution >= 4 is 33.3 Å². The summed E-state index contributed by atoms with van der Waals surface area (Å²) in [5, 5.41) is 6.04. The van der Waals surface area contributed by atoms with Crippen molar-refractivity contribution in [3.63, 3.8) is 0 Å². The Morgan fingerprint density at radius 3 is 2.64 bits per heavy atom. The average molecular weight is 397 g/mol. The molecule has 0 radical (unpaired) electrons. The Bertz CT molecular complexity index is 855. The minimum atomic E-state index is -0.272. The second-order valence-electron chi connectivity index (χ2n) is 5.42. The molecule has 2 N–H and O–H groups in total. The predicted molar refractivity (Wildman–Crippen MR) is 103 cm³/mol. The summed E-state index contributed by atoms with van der Waals surface area (Å²) in [4.78, 5) is 20.5. The van der Waals surface area contributed by atoms with E-state index in [-0.39, 0.29) is 5.91 Å². The normalized spacial score (nSPS) is 10.3. The molecule has 1 heterocycles. The summed E-state index contributed by atoms with van der Waals surface area (Å²) >= 11 is 3.38. The minimum absolute atomic E-state index is 0.272. The van der Waals surface area contributed by atoms with Gasteiger partial charge in [0.05, 0.1) is 0 Å². The van der Waals surface area contributed by atoms with Crippen LogP contribution in [0.15, 0.2) is 71.5 Å². The number of anilines is 2. The molecule has 0 bridgehead atoms. The minimum Gasteiger partial charge on any atom is -0.370 e. The first-order valence-corrected chi connectivity index (χ1v) is 8.67. The van der Waals surface area contributed by atoms with E-state index < -0.39 is 0 Å². The maximum absolute atomic E-state index is 12.3. The molecule has 1 aromatic heterocycles. The van der Waals surface area contributed by atoms with Crippen LogP contribution >= 0.6 is 15.9 Å². The quantitative estimate of drug-likeness (QED) is 0.656. The van der Waals surface area contributed by atoms with Gasteiger partial charge >= 0.3 is 0 Å². The van der Waals surface area contributed by atoms with Crippen LogP contribution in [0.25, 0.3) is 0 Å². The molecule has 0 aliphatic carbocycles. The molecule has 0 saturated heterocycles. The van der Waals surface area contributed by atoms with Crippen molar-refractivity contribution in [3.05, 3.63) is 82.7 Å². The lowest BCUT2D eigenvalue weighted by atomic mass is 10.1. The van der Waals surface area contributed by atoms with Gasteiger partial charge in [0.25, 0.3) is 5.91 Å². The third-order valence-corrected chi connectivity index (χ3v) is 4.04. The molecule has 25 heavy (non-hydrogen) atoms. The van der Waals surface area contributed by atoms with Gasteiger partial charge in [0, 0.05) is 22.8 Å². The van der Waals surface area contributed by atoms with Gasteiger partial charge in [0.15, 0.2) is 0 Å². The highest BCUT2D eigenvalue weighted by molar-refractivity contribution is 9.10. The van der Waals surface area contributed by atoms with Crippen LogP contribution in [0.5, 0.6) is 0 Å². The van der Waals surface area contributed by atoms with E-state index in [0.29, 0.717) is 17.2 Å². The zero-order valence-electron chi connectivity index (χ0n) is 13.4. The van der Waals surface area contributed by atoms with Crippen molar-refractivity contribution < 1.29 is 4.79 Å². The van der Waals surface area contributed by atoms with Gasteiger partial charge in [-0.05, 0) is 30.2 Å². The number of rotatable bonds is 6. The molecular formula is C19H17BrN4O. The maximum Gasteiger partial charge on any atom is 0.274 e. The molecule has 126 valence electrons. The zero-order valence-corrected chi connectivity index (χ0v) is 15.0. The predicted octanol–water partition coefficient (Wildman–Crippen LogP) is 4.15. The summed E-state index contributed by atoms with van der Waals surface area (Å²) in [5.74, 6) is 0.358. The van der Waals surface area contributed by atoms with Crippen LogP contribution in [0.3, 0.4) is 0 Å². The number of aromatic nitrogens is 2. The molecule has 3 rings (SSSR count). The van der Waals surface area contributed by atoms with Crippen molar-refractivity contribution in [1.82, 2.24) is 9.97 Å². The number of hydrogen-bond donors (Lipinski definition) is 2. The highest BCUT2D eigenvalue weighted by Crippen LogP contribution is 2.16. The number of amides is 1. The molecule has 0 atom stereocenters. The topological polar surface area (TPSA) is 66.9 Å². The molecule has 3 aromatic rings. The molecule has 0 fully saturated rings. The molecule has 2 aromatic carbocycles. The van der Waals surface area contributed by atoms with Gasteiger partial charge in [-0.2, -0.15) is 0 Å². The number of nitrogens with one attached hydrogen (secondary N) is 2. The summed E-state index contributed by atoms with van der Waals surface area (Å²) in [6.45, 7) is 0.730. The Balaban J connectivity index is 1.59. The third-order valence-electron chi connectivity index (χ3n) is 3.54. The Morgan fingerprint density at radius 2 is 1.84 bits per heavy atom. The van der Waals surface area contributed by atoms with Crippen LogP contribution in [0.4, 0.5) is 11.5 Å². The van der Waals surface area contributed by atoms with E-state index in [2.05, 4.69) is 48.7 Å². The summed E-state index contributed by atoms with van der Waals surface area (Å²) in [5.41, 5.74) is 2.27. The summed E-state index contributed by atoms with van der Waals surface area (Å²) in [7, 11) is 0. The summed E-state index contributed by atoms with van der Waals surface area (Å²) < 4.78 is 0.899. The summed E-state index contributed by atoms with van der Waals surface area (Å²) in [6.07, 6.45) is 2.27. The average Bonchev–Trinajstić information content (AvgIpc) is 2.63. The highest BCUT2D eigenvalue weighted by atomic mass is 79.9. The van der Waals surface area contributed by atoms with Crippen molar-refractivity contribution in [2.24, 2.45) is 0 Å². The zero-order chi connectivity index (χ0) is 17.5. The fourth-order valence-electron chi connectivity index (χ4n) is 2.32. The molecule has 1 amide bonds. The Kier molecular flexibility index (Phi) is 5.74. The van der Waals surface area contributed by atoms with Crippen molar-refractivity contribution in [1.29, 1.82) is 0 Å². The Hall–Kier alpha value is -2.73. The standard InChI is InChI=1S/C19H17BrN4O/c20-15-7-4-8-16(11-15)24-19(25)17-12-18(23-13-22-17)21-10-9-14-5-2-1-3-6-14/h1-8,11-13H,9-10H2,(H,24,25)(H,21,22,23). The second kappa shape index (κ2) is 8.39. The molecule has 0 saturated carbocycles. The molecule has 0 spiro atoms. The van der Waals surface area contributed by atoms with Crippen LogP contribution in [0.2, 0.25) is 0 Å². The van der Waals surface area contributed by atoms with E-state index in [1.165, 1.54) is 11.9 Å². The molecule has 0 aliphatic heterocycles. The van der Waals surface area contributed by atoms with E-state index in [9.17, 15) is 4.79 Å². The van der Waals surface area contributed by atoms with Crippen LogP contribution in [0, 0.1) is 0 Å². The lowest BCUT2D eigenvalue weighted by Crippen LogP contribution is -2.15. The van der Waals surface area contributed by atoms with Crippen LogP contribution in [-0.4, -0.2) is 22.4 Å². The largest absolute Gasteiger partial charge is 0.370 e. The van der Waals surface area contributed by atoms with Crippen LogP contribution in [-0.2, 0) is 6.42 Å². The van der Waals surface area contributed by atoms with Crippen molar-refractivity contribution in [3.8, 4) is 0 Å². The molecule has 0 unspecified atom stereocenters. The van der Waals surface area contributed by atoms with E-state index >= 15 is 0 Å². The molecule has 5 nitrogen and oxygen atoms in total. The second-order valence-corrected chi connectivity index (χ2v) is 6.33. The molecular weight excluding hydrogens is 380 g/mol. The maximum atomic E-state index is 12.3. The van der Waals surface area contributed by atoms with Gasteiger partial charge in [0.1, 0.15) is 17.8 Å². The van der Waals surface area contributed by atoms with E-state index in [1.54, 1.807) is 6.07 Å². The first-order chi connectivity index (χ1) is 12.2. The number of carbonyl (C=O) groups excluding carboxylic acids is 1. The van der Waals surface area contributed by atoms with Crippen LogP contribution < -0.4 is 10.6 Å². The lowest BCUT2D eigenvalue weighted by Gasteiger charge is -2.08. The number of nitrogens with zero attached hydrogens (tertiary/aromatic N) is 2. The fourth-order valence-corrected chi connectivity index (χ4v) is 2.72.